The van der Waals surface area contributed by atoms with Crippen LogP contribution in [0.2, 0.25) is 0 Å². The van der Waals surface area contributed by atoms with Crippen molar-refractivity contribution in [1.29, 1.82) is 0 Å². The fourth-order valence-electron chi connectivity index (χ4n) is 2.23. The molecular weight excluding hydrogens is 268 g/mol. The lowest BCUT2D eigenvalue weighted by molar-refractivity contribution is -0.385. The van der Waals surface area contributed by atoms with Gasteiger partial charge in [0.15, 0.2) is 0 Å². The van der Waals surface area contributed by atoms with Crippen molar-refractivity contribution < 1.29 is 4.92 Å². The van der Waals surface area contributed by atoms with Crippen molar-refractivity contribution in [1.82, 2.24) is 9.78 Å². The topological polar surface area (TPSA) is 73.0 Å². The number of benzene rings is 1. The van der Waals surface area contributed by atoms with Gasteiger partial charge in [0.25, 0.3) is 5.69 Å². The fraction of sp³-hybridized carbons (Fsp3) is 0.400. The second kappa shape index (κ2) is 6.39. The van der Waals surface area contributed by atoms with Gasteiger partial charge in [-0.15, -0.1) is 0 Å². The molecule has 0 radical (unpaired) electrons. The summed E-state index contributed by atoms with van der Waals surface area (Å²) in [5.41, 5.74) is 2.71. The quantitative estimate of drug-likeness (QED) is 0.651. The Morgan fingerprint density at radius 1 is 1.43 bits per heavy atom. The highest BCUT2D eigenvalue weighted by Gasteiger charge is 2.14. The predicted octanol–water partition coefficient (Wildman–Crippen LogP) is 3.55. The van der Waals surface area contributed by atoms with Crippen molar-refractivity contribution in [3.63, 3.8) is 0 Å². The Kier molecular flexibility index (Phi) is 4.57. The Morgan fingerprint density at radius 3 is 2.76 bits per heavy atom. The number of hydrogen-bond donors (Lipinski definition) is 1. The summed E-state index contributed by atoms with van der Waals surface area (Å²) in [6.07, 6.45) is 4.44. The molecule has 0 aliphatic carbocycles. The SMILES string of the molecule is CCc1ccc(NC(C)c2cnn(CC)c2)cc1[N+](=O)[O-]. The Labute approximate surface area is 123 Å². The van der Waals surface area contributed by atoms with E-state index in [9.17, 15) is 10.1 Å². The largest absolute Gasteiger partial charge is 0.378 e. The summed E-state index contributed by atoms with van der Waals surface area (Å²) < 4.78 is 1.86. The number of nitrogens with one attached hydrogen (secondary N) is 1. The van der Waals surface area contributed by atoms with Crippen molar-refractivity contribution in [2.24, 2.45) is 0 Å². The third-order valence-corrected chi connectivity index (χ3v) is 3.52. The maximum Gasteiger partial charge on any atom is 0.274 e. The van der Waals surface area contributed by atoms with Crippen molar-refractivity contribution in [3.05, 3.63) is 51.8 Å². The number of nitrogens with zero attached hydrogens (tertiary/aromatic N) is 3. The number of hydrogen-bond acceptors (Lipinski definition) is 4. The zero-order chi connectivity index (χ0) is 15.4. The first-order chi connectivity index (χ1) is 10.0. The summed E-state index contributed by atoms with van der Waals surface area (Å²) in [5.74, 6) is 0. The van der Waals surface area contributed by atoms with Crippen LogP contribution in [-0.4, -0.2) is 14.7 Å². The highest BCUT2D eigenvalue weighted by atomic mass is 16.6. The number of aromatic nitrogens is 2. The van der Waals surface area contributed by atoms with Crippen LogP contribution in [-0.2, 0) is 13.0 Å². The first-order valence-corrected chi connectivity index (χ1v) is 7.11. The summed E-state index contributed by atoms with van der Waals surface area (Å²) in [5, 5.41) is 18.6. The van der Waals surface area contributed by atoms with Gasteiger partial charge in [0, 0.05) is 35.6 Å². The van der Waals surface area contributed by atoms with Gasteiger partial charge >= 0.3 is 0 Å². The molecule has 0 aliphatic heterocycles. The zero-order valence-electron chi connectivity index (χ0n) is 12.5. The highest BCUT2D eigenvalue weighted by molar-refractivity contribution is 5.56. The molecule has 1 heterocycles. The van der Waals surface area contributed by atoms with E-state index >= 15 is 0 Å². The monoisotopic (exact) mass is 288 g/mol. The number of anilines is 1. The van der Waals surface area contributed by atoms with Gasteiger partial charge in [-0.25, -0.2) is 0 Å². The lowest BCUT2D eigenvalue weighted by Gasteiger charge is -2.14. The molecule has 0 spiro atoms. The molecule has 2 aromatic rings. The van der Waals surface area contributed by atoms with Crippen LogP contribution in [0.5, 0.6) is 0 Å². The molecule has 1 aromatic heterocycles. The minimum Gasteiger partial charge on any atom is -0.378 e. The Morgan fingerprint density at radius 2 is 2.19 bits per heavy atom. The van der Waals surface area contributed by atoms with E-state index in [-0.39, 0.29) is 16.7 Å². The molecule has 0 fully saturated rings. The molecule has 0 saturated carbocycles. The Balaban J connectivity index is 2.19. The van der Waals surface area contributed by atoms with Gasteiger partial charge < -0.3 is 5.32 Å². The highest BCUT2D eigenvalue weighted by Crippen LogP contribution is 2.26. The van der Waals surface area contributed by atoms with Crippen LogP contribution in [0.4, 0.5) is 11.4 Å². The Bertz CT molecular complexity index is 636. The summed E-state index contributed by atoms with van der Waals surface area (Å²) in [7, 11) is 0. The molecular formula is C15H20N4O2. The number of rotatable bonds is 6. The summed E-state index contributed by atoms with van der Waals surface area (Å²) >= 11 is 0. The first-order valence-electron chi connectivity index (χ1n) is 7.11. The van der Waals surface area contributed by atoms with Crippen molar-refractivity contribution in [2.45, 2.75) is 39.8 Å². The third kappa shape index (κ3) is 3.39. The molecule has 0 bridgehead atoms. The normalized spacial score (nSPS) is 12.1. The minimum atomic E-state index is -0.330. The molecule has 21 heavy (non-hydrogen) atoms. The summed E-state index contributed by atoms with van der Waals surface area (Å²) in [4.78, 5) is 10.8. The van der Waals surface area contributed by atoms with Gasteiger partial charge in [0.2, 0.25) is 0 Å². The molecule has 112 valence electrons. The number of nitro benzene ring substituents is 1. The molecule has 6 nitrogen and oxygen atoms in total. The molecule has 1 N–H and O–H groups in total. The van der Waals surface area contributed by atoms with E-state index < -0.39 is 0 Å². The molecule has 0 saturated heterocycles. The van der Waals surface area contributed by atoms with E-state index in [1.54, 1.807) is 6.07 Å². The van der Waals surface area contributed by atoms with Crippen LogP contribution >= 0.6 is 0 Å². The van der Waals surface area contributed by atoms with Crippen LogP contribution in [0, 0.1) is 10.1 Å². The second-order valence-corrected chi connectivity index (χ2v) is 4.95. The van der Waals surface area contributed by atoms with E-state index in [0.29, 0.717) is 6.42 Å². The fourth-order valence-corrected chi connectivity index (χ4v) is 2.23. The van der Waals surface area contributed by atoms with E-state index in [4.69, 9.17) is 0 Å². The van der Waals surface area contributed by atoms with Crippen LogP contribution in [0.15, 0.2) is 30.6 Å². The average molecular weight is 288 g/mol. The van der Waals surface area contributed by atoms with Gasteiger partial charge in [0.05, 0.1) is 17.2 Å². The molecule has 1 unspecified atom stereocenters. The van der Waals surface area contributed by atoms with Crippen LogP contribution in [0.3, 0.4) is 0 Å². The molecule has 1 atom stereocenters. The van der Waals surface area contributed by atoms with Crippen LogP contribution in [0.25, 0.3) is 0 Å². The van der Waals surface area contributed by atoms with Crippen LogP contribution in [0.1, 0.15) is 37.9 Å². The molecule has 0 aliphatic rings. The van der Waals surface area contributed by atoms with Crippen LogP contribution < -0.4 is 5.32 Å². The van der Waals surface area contributed by atoms with Crippen molar-refractivity contribution >= 4 is 11.4 Å². The number of nitro groups is 1. The van der Waals surface area contributed by atoms with Crippen molar-refractivity contribution in [2.75, 3.05) is 5.32 Å². The maximum atomic E-state index is 11.1. The molecule has 0 amide bonds. The summed E-state index contributed by atoms with van der Waals surface area (Å²) in [6, 6.07) is 5.33. The van der Waals surface area contributed by atoms with Gasteiger partial charge in [-0.3, -0.25) is 14.8 Å². The lowest BCUT2D eigenvalue weighted by atomic mass is 10.1. The zero-order valence-corrected chi connectivity index (χ0v) is 12.5. The first kappa shape index (κ1) is 15.0. The molecule has 1 aromatic carbocycles. The number of aryl methyl sites for hydroxylation is 2. The maximum absolute atomic E-state index is 11.1. The van der Waals surface area contributed by atoms with E-state index in [1.165, 1.54) is 0 Å². The van der Waals surface area contributed by atoms with E-state index in [2.05, 4.69) is 10.4 Å². The van der Waals surface area contributed by atoms with E-state index in [0.717, 1.165) is 23.4 Å². The van der Waals surface area contributed by atoms with Gasteiger partial charge in [-0.05, 0) is 26.3 Å². The third-order valence-electron chi connectivity index (χ3n) is 3.52. The van der Waals surface area contributed by atoms with Crippen molar-refractivity contribution in [3.8, 4) is 0 Å². The lowest BCUT2D eigenvalue weighted by Crippen LogP contribution is -2.06. The van der Waals surface area contributed by atoms with E-state index in [1.807, 2.05) is 50.0 Å². The predicted molar refractivity (Wildman–Crippen MR) is 82.4 cm³/mol. The van der Waals surface area contributed by atoms with Gasteiger partial charge in [-0.1, -0.05) is 13.0 Å². The summed E-state index contributed by atoms with van der Waals surface area (Å²) in [6.45, 7) is 6.78. The minimum absolute atomic E-state index is 0.0392. The standard InChI is InChI=1S/C15H20N4O2/c1-4-12-6-7-14(8-15(12)19(20)21)17-11(3)13-9-16-18(5-2)10-13/h6-11,17H,4-5H2,1-3H3. The second-order valence-electron chi connectivity index (χ2n) is 4.95. The molecule has 2 rings (SSSR count). The Hall–Kier alpha value is -2.37. The smallest absolute Gasteiger partial charge is 0.274 e. The van der Waals surface area contributed by atoms with Gasteiger partial charge in [-0.2, -0.15) is 5.10 Å². The van der Waals surface area contributed by atoms with Gasteiger partial charge in [0.1, 0.15) is 0 Å². The molecule has 6 heteroatoms. The average Bonchev–Trinajstić information content (AvgIpc) is 2.96.